The van der Waals surface area contributed by atoms with Crippen molar-refractivity contribution in [2.75, 3.05) is 19.4 Å². The normalized spacial score (nSPS) is 28.0. The summed E-state index contributed by atoms with van der Waals surface area (Å²) >= 11 is 0. The lowest BCUT2D eigenvalue weighted by Gasteiger charge is -2.19. The minimum Gasteiger partial charge on any atom is -0.491 e. The smallest absolute Gasteiger partial charge is 0.197 e. The molecule has 7 heteroatoms. The molecule has 1 aromatic carbocycles. The van der Waals surface area contributed by atoms with Crippen molar-refractivity contribution in [1.82, 2.24) is 0 Å². The molecule has 3 unspecified atom stereocenters. The summed E-state index contributed by atoms with van der Waals surface area (Å²) in [6, 6.07) is 9.23. The van der Waals surface area contributed by atoms with Crippen molar-refractivity contribution in [3.8, 4) is 5.75 Å². The molecule has 0 radical (unpaired) electrons. The van der Waals surface area contributed by atoms with E-state index in [1.165, 1.54) is 6.66 Å². The summed E-state index contributed by atoms with van der Waals surface area (Å²) in [5.74, 6) is 0.309. The predicted molar refractivity (Wildman–Crippen MR) is 114 cm³/mol. The number of unbranched alkanes of at least 4 members (excludes halogenated alkanes) is 1. The third-order valence-corrected chi connectivity index (χ3v) is 6.30. The Morgan fingerprint density at radius 2 is 1.93 bits per heavy atom. The van der Waals surface area contributed by atoms with E-state index in [0.717, 1.165) is 0 Å². The zero-order chi connectivity index (χ0) is 21.3. The Labute approximate surface area is 173 Å². The van der Waals surface area contributed by atoms with E-state index in [0.29, 0.717) is 37.6 Å². The molecule has 1 aliphatic carbocycles. The lowest BCUT2D eigenvalue weighted by molar-refractivity contribution is 0.120. The van der Waals surface area contributed by atoms with E-state index in [-0.39, 0.29) is 18.4 Å². The third-order valence-electron chi connectivity index (χ3n) is 5.15. The topological polar surface area (TPSA) is 107 Å². The molecule has 1 saturated carbocycles. The highest BCUT2D eigenvalue weighted by molar-refractivity contribution is 7.57. The minimum atomic E-state index is -2.96. The number of rotatable bonds is 11. The number of ether oxygens (including phenoxy) is 1. The number of benzene rings is 1. The molecule has 0 heterocycles. The van der Waals surface area contributed by atoms with Crippen LogP contribution < -0.4 is 4.74 Å². The van der Waals surface area contributed by atoms with Crippen LogP contribution in [0.4, 0.5) is 0 Å². The van der Waals surface area contributed by atoms with Crippen LogP contribution in [0.3, 0.4) is 0 Å². The second kappa shape index (κ2) is 11.7. The Bertz CT molecular complexity index is 699. The Kier molecular flexibility index (Phi) is 9.60. The van der Waals surface area contributed by atoms with E-state index in [1.54, 1.807) is 12.2 Å². The van der Waals surface area contributed by atoms with Gasteiger partial charge in [-0.2, -0.15) is 0 Å². The van der Waals surface area contributed by atoms with Crippen molar-refractivity contribution < 1.29 is 29.5 Å². The van der Waals surface area contributed by atoms with Gasteiger partial charge in [-0.15, -0.1) is 0 Å². The fraction of sp³-hybridized carbons (Fsp3) is 0.545. The van der Waals surface area contributed by atoms with Crippen LogP contribution in [0.15, 0.2) is 54.6 Å². The number of hydrogen-bond donors (Lipinski definition) is 4. The van der Waals surface area contributed by atoms with Gasteiger partial charge in [0.2, 0.25) is 0 Å². The summed E-state index contributed by atoms with van der Waals surface area (Å²) in [6.07, 6.45) is 7.82. The molecule has 1 aromatic rings. The highest BCUT2D eigenvalue weighted by Crippen LogP contribution is 2.37. The lowest BCUT2D eigenvalue weighted by Crippen LogP contribution is -2.21. The van der Waals surface area contributed by atoms with Gasteiger partial charge in [0, 0.05) is 25.2 Å². The first kappa shape index (κ1) is 23.8. The van der Waals surface area contributed by atoms with E-state index in [1.807, 2.05) is 42.5 Å². The van der Waals surface area contributed by atoms with Gasteiger partial charge in [-0.05, 0) is 37.3 Å². The molecule has 0 aliphatic heterocycles. The van der Waals surface area contributed by atoms with Crippen LogP contribution >= 0.6 is 7.37 Å². The van der Waals surface area contributed by atoms with Crippen LogP contribution in [0.25, 0.3) is 0 Å². The highest BCUT2D eigenvalue weighted by atomic mass is 31.2. The SMILES string of the molecule is CP(=O)(O)CCC/C=C\C[C@@H]1C(/C=C/C(O)COc2ccccc2)[C@H](O)C[C@@H]1O. The van der Waals surface area contributed by atoms with Crippen LogP contribution in [0, 0.1) is 11.8 Å². The van der Waals surface area contributed by atoms with Gasteiger partial charge in [0.1, 0.15) is 18.5 Å². The number of aliphatic hydroxyl groups is 3. The van der Waals surface area contributed by atoms with E-state index in [2.05, 4.69) is 0 Å². The van der Waals surface area contributed by atoms with Crippen LogP contribution in [-0.4, -0.2) is 58.0 Å². The quantitative estimate of drug-likeness (QED) is 0.247. The second-order valence-corrected chi connectivity index (χ2v) is 10.4. The zero-order valence-electron chi connectivity index (χ0n) is 16.9. The van der Waals surface area contributed by atoms with Crippen molar-refractivity contribution in [1.29, 1.82) is 0 Å². The summed E-state index contributed by atoms with van der Waals surface area (Å²) in [5, 5.41) is 30.7. The van der Waals surface area contributed by atoms with Crippen LogP contribution in [0.2, 0.25) is 0 Å². The Morgan fingerprint density at radius 1 is 1.21 bits per heavy atom. The molecule has 6 nitrogen and oxygen atoms in total. The molecule has 4 N–H and O–H groups in total. The van der Waals surface area contributed by atoms with Gasteiger partial charge < -0.3 is 24.9 Å². The molecule has 29 heavy (non-hydrogen) atoms. The molecule has 0 saturated heterocycles. The fourth-order valence-electron chi connectivity index (χ4n) is 3.59. The second-order valence-electron chi connectivity index (χ2n) is 7.81. The maximum absolute atomic E-state index is 11.3. The molecule has 0 bridgehead atoms. The van der Waals surface area contributed by atoms with Gasteiger partial charge in [0.05, 0.1) is 12.2 Å². The van der Waals surface area contributed by atoms with Gasteiger partial charge in [-0.25, -0.2) is 0 Å². The molecule has 1 aliphatic rings. The molecule has 2 rings (SSSR count). The maximum Gasteiger partial charge on any atom is 0.197 e. The average molecular weight is 424 g/mol. The number of para-hydroxylation sites is 1. The van der Waals surface area contributed by atoms with Gasteiger partial charge in [0.15, 0.2) is 7.37 Å². The number of hydrogen-bond acceptors (Lipinski definition) is 5. The molecule has 0 spiro atoms. The fourth-order valence-corrected chi connectivity index (χ4v) is 4.36. The summed E-state index contributed by atoms with van der Waals surface area (Å²) in [7, 11) is -2.96. The van der Waals surface area contributed by atoms with E-state index in [4.69, 9.17) is 4.74 Å². The first-order chi connectivity index (χ1) is 13.8. The van der Waals surface area contributed by atoms with Gasteiger partial charge in [0.25, 0.3) is 0 Å². The largest absolute Gasteiger partial charge is 0.491 e. The van der Waals surface area contributed by atoms with E-state index >= 15 is 0 Å². The summed E-state index contributed by atoms with van der Waals surface area (Å²) < 4.78 is 16.8. The molecule has 162 valence electrons. The monoisotopic (exact) mass is 424 g/mol. The van der Waals surface area contributed by atoms with Crippen molar-refractivity contribution in [3.05, 3.63) is 54.6 Å². The zero-order valence-corrected chi connectivity index (χ0v) is 17.8. The minimum absolute atomic E-state index is 0.114. The highest BCUT2D eigenvalue weighted by Gasteiger charge is 2.39. The maximum atomic E-state index is 11.3. The lowest BCUT2D eigenvalue weighted by atomic mass is 9.89. The van der Waals surface area contributed by atoms with Crippen molar-refractivity contribution in [2.45, 2.75) is 44.0 Å². The molecule has 0 amide bonds. The molecule has 0 aromatic heterocycles. The van der Waals surface area contributed by atoms with Crippen molar-refractivity contribution >= 4 is 7.37 Å². The third kappa shape index (κ3) is 8.85. The van der Waals surface area contributed by atoms with E-state index in [9.17, 15) is 24.8 Å². The number of aliphatic hydroxyl groups excluding tert-OH is 3. The Morgan fingerprint density at radius 3 is 2.62 bits per heavy atom. The Balaban J connectivity index is 1.81. The van der Waals surface area contributed by atoms with Crippen molar-refractivity contribution in [3.63, 3.8) is 0 Å². The summed E-state index contributed by atoms with van der Waals surface area (Å²) in [4.78, 5) is 9.29. The van der Waals surface area contributed by atoms with Crippen LogP contribution in [-0.2, 0) is 4.57 Å². The molecular formula is C22H33O6P. The average Bonchev–Trinajstić information content (AvgIpc) is 2.93. The van der Waals surface area contributed by atoms with Crippen molar-refractivity contribution in [2.24, 2.45) is 11.8 Å². The molecule has 1 fully saturated rings. The first-order valence-electron chi connectivity index (χ1n) is 10.1. The first-order valence-corrected chi connectivity index (χ1v) is 12.4. The molecular weight excluding hydrogens is 391 g/mol. The summed E-state index contributed by atoms with van der Waals surface area (Å²) in [6.45, 7) is 1.48. The summed E-state index contributed by atoms with van der Waals surface area (Å²) in [5.41, 5.74) is 0. The van der Waals surface area contributed by atoms with Crippen LogP contribution in [0.1, 0.15) is 25.7 Å². The van der Waals surface area contributed by atoms with E-state index < -0.39 is 25.7 Å². The number of allylic oxidation sites excluding steroid dienone is 2. The van der Waals surface area contributed by atoms with Gasteiger partial charge in [-0.1, -0.05) is 42.5 Å². The molecule has 6 atom stereocenters. The van der Waals surface area contributed by atoms with Gasteiger partial charge >= 0.3 is 0 Å². The standard InChI is InChI=1S/C22H33O6P/c1-29(26,27)14-8-3-2-7-11-19-20(22(25)15-21(19)24)13-12-17(23)16-28-18-9-5-4-6-10-18/h2,4-7,9-10,12-13,17,19-25H,3,8,11,14-16H2,1H3,(H,26,27)/b7-2-,13-12+/t17?,19-,20?,21+,22-/m1/s1. The van der Waals surface area contributed by atoms with Crippen LogP contribution in [0.5, 0.6) is 5.75 Å². The predicted octanol–water partition coefficient (Wildman–Crippen LogP) is 2.97. The van der Waals surface area contributed by atoms with Gasteiger partial charge in [-0.3, -0.25) is 4.57 Å². The Hall–Kier alpha value is -1.43.